The first-order valence-electron chi connectivity index (χ1n) is 9.08. The zero-order valence-corrected chi connectivity index (χ0v) is 17.8. The molecule has 0 aromatic heterocycles. The summed E-state index contributed by atoms with van der Waals surface area (Å²) in [5, 5.41) is 0.0560. The highest BCUT2D eigenvalue weighted by Crippen LogP contribution is 2.39. The van der Waals surface area contributed by atoms with Crippen molar-refractivity contribution in [2.75, 3.05) is 7.11 Å². The summed E-state index contributed by atoms with van der Waals surface area (Å²) in [5.74, 6) is 1.46. The Hall–Kier alpha value is -2.07. The van der Waals surface area contributed by atoms with Gasteiger partial charge in [0.2, 0.25) is 0 Å². The minimum Gasteiger partial charge on any atom is -0.543 e. The fourth-order valence-corrected chi connectivity index (χ4v) is 3.43. The van der Waals surface area contributed by atoms with E-state index in [4.69, 9.17) is 9.16 Å². The lowest BCUT2D eigenvalue weighted by Gasteiger charge is -2.37. The molecule has 26 heavy (non-hydrogen) atoms. The van der Waals surface area contributed by atoms with Gasteiger partial charge in [-0.1, -0.05) is 51.1 Å². The molecule has 2 aromatic rings. The Bertz CT molecular complexity index is 746. The number of Topliss-reactive ketones (excluding diaryl/α,β-unsaturated/α-hetero) is 1. The molecule has 0 radical (unpaired) electrons. The molecular formula is C22H30O3Si. The summed E-state index contributed by atoms with van der Waals surface area (Å²) in [5.41, 5.74) is 1.81. The maximum atomic E-state index is 12.9. The predicted molar refractivity (Wildman–Crippen MR) is 110 cm³/mol. The highest BCUT2D eigenvalue weighted by Gasteiger charge is 2.39. The molecule has 0 heterocycles. The van der Waals surface area contributed by atoms with Crippen LogP contribution in [0.15, 0.2) is 48.5 Å². The molecule has 0 unspecified atom stereocenters. The topological polar surface area (TPSA) is 35.5 Å². The van der Waals surface area contributed by atoms with E-state index in [1.807, 2.05) is 48.5 Å². The number of hydrogen-bond donors (Lipinski definition) is 0. The molecule has 2 aromatic carbocycles. The molecule has 0 atom stereocenters. The Morgan fingerprint density at radius 3 is 2.27 bits per heavy atom. The minimum atomic E-state index is -2.05. The summed E-state index contributed by atoms with van der Waals surface area (Å²) in [6, 6.07) is 15.6. The van der Waals surface area contributed by atoms with Crippen molar-refractivity contribution in [3.63, 3.8) is 0 Å². The van der Waals surface area contributed by atoms with E-state index in [-0.39, 0.29) is 10.8 Å². The second-order valence-corrected chi connectivity index (χ2v) is 12.9. The van der Waals surface area contributed by atoms with Crippen molar-refractivity contribution in [3.05, 3.63) is 59.7 Å². The van der Waals surface area contributed by atoms with Gasteiger partial charge in [0.1, 0.15) is 11.5 Å². The second-order valence-electron chi connectivity index (χ2n) is 8.13. The van der Waals surface area contributed by atoms with Crippen LogP contribution in [0, 0.1) is 0 Å². The molecule has 0 saturated heterocycles. The highest BCUT2D eigenvalue weighted by molar-refractivity contribution is 6.74. The van der Waals surface area contributed by atoms with Crippen LogP contribution in [-0.2, 0) is 6.42 Å². The normalized spacial score (nSPS) is 11.9. The van der Waals surface area contributed by atoms with Crippen LogP contribution in [0.2, 0.25) is 18.1 Å². The Kier molecular flexibility index (Phi) is 6.29. The van der Waals surface area contributed by atoms with Crippen molar-refractivity contribution in [2.45, 2.75) is 51.7 Å². The number of ether oxygens (including phenoxy) is 1. The maximum Gasteiger partial charge on any atom is 0.250 e. The molecule has 0 amide bonds. The van der Waals surface area contributed by atoms with Gasteiger partial charge in [-0.25, -0.2) is 0 Å². The summed E-state index contributed by atoms with van der Waals surface area (Å²) in [7, 11) is -0.426. The molecular weight excluding hydrogens is 340 g/mol. The van der Waals surface area contributed by atoms with Crippen LogP contribution in [-0.4, -0.2) is 21.2 Å². The first-order valence-corrected chi connectivity index (χ1v) is 12.0. The molecule has 0 spiro atoms. The summed E-state index contributed by atoms with van der Waals surface area (Å²) in [6.45, 7) is 10.9. The fourth-order valence-electron chi connectivity index (χ4n) is 2.41. The lowest BCUT2D eigenvalue weighted by Crippen LogP contribution is -2.44. The third kappa shape index (κ3) is 4.98. The zero-order chi connectivity index (χ0) is 19.4. The molecule has 2 rings (SSSR count). The van der Waals surface area contributed by atoms with Gasteiger partial charge < -0.3 is 9.16 Å². The van der Waals surface area contributed by atoms with Crippen LogP contribution in [0.25, 0.3) is 0 Å². The van der Waals surface area contributed by atoms with Gasteiger partial charge in [0.15, 0.2) is 5.78 Å². The number of hydrogen-bond acceptors (Lipinski definition) is 3. The molecule has 0 bridgehead atoms. The average molecular weight is 371 g/mol. The Morgan fingerprint density at radius 2 is 1.69 bits per heavy atom. The van der Waals surface area contributed by atoms with E-state index in [9.17, 15) is 4.79 Å². The summed E-state index contributed by atoms with van der Waals surface area (Å²) < 4.78 is 11.8. The van der Waals surface area contributed by atoms with Crippen molar-refractivity contribution in [3.8, 4) is 11.5 Å². The number of methoxy groups -OCH3 is 1. The molecule has 0 aliphatic carbocycles. The third-order valence-corrected chi connectivity index (χ3v) is 9.49. The average Bonchev–Trinajstić information content (AvgIpc) is 2.59. The van der Waals surface area contributed by atoms with Gasteiger partial charge in [0, 0.05) is 12.5 Å². The highest BCUT2D eigenvalue weighted by atomic mass is 28.4. The van der Waals surface area contributed by atoms with Gasteiger partial charge in [0.25, 0.3) is 8.32 Å². The lowest BCUT2D eigenvalue weighted by molar-refractivity contribution is 0.0981. The number of rotatable bonds is 7. The summed E-state index contributed by atoms with van der Waals surface area (Å²) in [4.78, 5) is 12.9. The van der Waals surface area contributed by atoms with Crippen molar-refractivity contribution in [2.24, 2.45) is 0 Å². The smallest absolute Gasteiger partial charge is 0.250 e. The van der Waals surface area contributed by atoms with Crippen molar-refractivity contribution in [1.29, 1.82) is 0 Å². The maximum absolute atomic E-state index is 12.9. The number of carbonyl (C=O) groups is 1. The fraction of sp³-hybridized carbons (Fsp3) is 0.409. The summed E-state index contributed by atoms with van der Waals surface area (Å²) in [6.07, 6.45) is 1.19. The first kappa shape index (κ1) is 20.2. The minimum absolute atomic E-state index is 0.0560. The molecule has 140 valence electrons. The van der Waals surface area contributed by atoms with Gasteiger partial charge in [-0.2, -0.15) is 0 Å². The van der Waals surface area contributed by atoms with E-state index < -0.39 is 8.32 Å². The van der Waals surface area contributed by atoms with Gasteiger partial charge in [0.05, 0.1) is 12.7 Å². The van der Waals surface area contributed by atoms with E-state index in [0.29, 0.717) is 23.5 Å². The van der Waals surface area contributed by atoms with Gasteiger partial charge >= 0.3 is 0 Å². The zero-order valence-electron chi connectivity index (χ0n) is 16.8. The molecule has 4 heteroatoms. The summed E-state index contributed by atoms with van der Waals surface area (Å²) >= 11 is 0. The number of aryl methyl sites for hydroxylation is 1. The van der Waals surface area contributed by atoms with E-state index >= 15 is 0 Å². The molecule has 3 nitrogen and oxygen atoms in total. The lowest BCUT2D eigenvalue weighted by atomic mass is 10.0. The number of ketones is 1. The van der Waals surface area contributed by atoms with Crippen LogP contribution in [0.4, 0.5) is 0 Å². The van der Waals surface area contributed by atoms with Crippen LogP contribution in [0.5, 0.6) is 11.5 Å². The molecule has 0 N–H and O–H groups in total. The standard InChI is InChI=1S/C22H30O3Si/c1-22(2,3)26(5,6)25-21-16-18(24-4)13-14-19(21)20(23)15-12-17-10-8-7-9-11-17/h7-11,13-14,16H,12,15H2,1-6H3. The quantitative estimate of drug-likeness (QED) is 0.450. The first-order chi connectivity index (χ1) is 12.1. The van der Waals surface area contributed by atoms with E-state index in [0.717, 1.165) is 6.42 Å². The van der Waals surface area contributed by atoms with Crippen molar-refractivity contribution >= 4 is 14.1 Å². The Morgan fingerprint density at radius 1 is 1.04 bits per heavy atom. The second kappa shape index (κ2) is 8.08. The number of benzene rings is 2. The van der Waals surface area contributed by atoms with Crippen molar-refractivity contribution < 1.29 is 14.0 Å². The van der Waals surface area contributed by atoms with Crippen molar-refractivity contribution in [1.82, 2.24) is 0 Å². The predicted octanol–water partition coefficient (Wildman–Crippen LogP) is 5.89. The van der Waals surface area contributed by atoms with E-state index in [1.54, 1.807) is 7.11 Å². The number of carbonyl (C=O) groups excluding carboxylic acids is 1. The molecule has 0 fully saturated rings. The SMILES string of the molecule is COc1ccc(C(=O)CCc2ccccc2)c(O[Si](C)(C)C(C)(C)C)c1. The van der Waals surface area contributed by atoms with Gasteiger partial charge in [-0.05, 0) is 42.2 Å². The molecule has 0 saturated carbocycles. The van der Waals surface area contributed by atoms with Gasteiger partial charge in [-0.15, -0.1) is 0 Å². The van der Waals surface area contributed by atoms with E-state index in [1.165, 1.54) is 5.56 Å². The van der Waals surface area contributed by atoms with E-state index in [2.05, 4.69) is 33.9 Å². The van der Waals surface area contributed by atoms with Crippen LogP contribution >= 0.6 is 0 Å². The van der Waals surface area contributed by atoms with Crippen LogP contribution < -0.4 is 9.16 Å². The van der Waals surface area contributed by atoms with Gasteiger partial charge in [-0.3, -0.25) is 4.79 Å². The van der Waals surface area contributed by atoms with Crippen LogP contribution in [0.1, 0.15) is 43.1 Å². The monoisotopic (exact) mass is 370 g/mol. The largest absolute Gasteiger partial charge is 0.543 e. The molecule has 0 aliphatic heterocycles. The molecule has 0 aliphatic rings. The Balaban J connectivity index is 2.25. The Labute approximate surface area is 158 Å². The van der Waals surface area contributed by atoms with Crippen LogP contribution in [0.3, 0.4) is 0 Å². The third-order valence-electron chi connectivity index (χ3n) is 5.14.